The SMILES string of the molecule is CC(=O)C=C(C)O.CC(=O)C=C(C)O.CC(=O)C=C(C)O.CC(C)(C)c1c[c-]c(-c2nc3ccccc3c3sccc23)cc1.CC1(C)c2cccc3c2-c2c4c1cccc4cc[n+]2C3.Cc1[c-]c(-c2ncc(-c3c(C)cccc3C)nc2-c2cc(C)cc(C)c2)cc(C)c1.Fc1ccc(-c2ccc(-c3[c-]cccc3)nc2)cc1.[Ir].[Ir].[Ir].[Ir].[c-]1ccccc1-c1ccccn1.[c-]1ccccc1-c1nccc2sccc12. The average Bonchev–Trinajstić information content (AvgIpc) is 1.51. The summed E-state index contributed by atoms with van der Waals surface area (Å²) >= 11 is 3.52. The molecule has 1 aliphatic heterocycles. The molecular formula is C124H112FIr4N7O6S2-4. The van der Waals surface area contributed by atoms with Gasteiger partial charge in [0.15, 0.2) is 30.1 Å². The van der Waals surface area contributed by atoms with Gasteiger partial charge in [-0.15, -0.1) is 201 Å². The summed E-state index contributed by atoms with van der Waals surface area (Å²) in [5.41, 5.74) is 33.0. The molecule has 0 saturated carbocycles. The van der Waals surface area contributed by atoms with Gasteiger partial charge in [0.1, 0.15) is 5.82 Å². The van der Waals surface area contributed by atoms with Crippen LogP contribution in [0.15, 0.2) is 356 Å². The second-order valence-electron chi connectivity index (χ2n) is 35.9. The monoisotopic (exact) mass is 2650 g/mol. The fraction of sp³-hybridized carbons (Fsp3) is 0.161. The maximum atomic E-state index is 12.9. The van der Waals surface area contributed by atoms with Gasteiger partial charge in [0, 0.05) is 167 Å². The van der Waals surface area contributed by atoms with Crippen LogP contribution < -0.4 is 4.57 Å². The van der Waals surface area contributed by atoms with E-state index in [0.29, 0.717) is 0 Å². The number of rotatable bonds is 11. The van der Waals surface area contributed by atoms with E-state index in [1.54, 1.807) is 47.2 Å². The smallest absolute Gasteiger partial charge is 0.221 e. The third kappa shape index (κ3) is 30.3. The summed E-state index contributed by atoms with van der Waals surface area (Å²) < 4.78 is 17.9. The van der Waals surface area contributed by atoms with Crippen LogP contribution in [0.5, 0.6) is 0 Å². The number of pyridine rings is 5. The molecule has 144 heavy (non-hydrogen) atoms. The van der Waals surface area contributed by atoms with Crippen molar-refractivity contribution >= 4 is 81.9 Å². The van der Waals surface area contributed by atoms with Gasteiger partial charge in [-0.3, -0.25) is 24.4 Å². The van der Waals surface area contributed by atoms with Crippen molar-refractivity contribution in [3.63, 3.8) is 0 Å². The summed E-state index contributed by atoms with van der Waals surface area (Å²) in [5, 5.41) is 35.8. The zero-order chi connectivity index (χ0) is 99.9. The first-order chi connectivity index (χ1) is 67.1. The molecule has 0 atom stereocenters. The van der Waals surface area contributed by atoms with Gasteiger partial charge in [-0.05, 0) is 194 Å². The molecule has 0 bridgehead atoms. The first-order valence-electron chi connectivity index (χ1n) is 46.1. The number of aliphatic hydroxyl groups excluding tert-OH is 3. The molecule has 19 aromatic rings. The molecule has 1 aliphatic carbocycles. The fourth-order valence-electron chi connectivity index (χ4n) is 16.8. The van der Waals surface area contributed by atoms with Gasteiger partial charge < -0.3 is 35.3 Å². The van der Waals surface area contributed by atoms with Crippen LogP contribution in [0.1, 0.15) is 132 Å². The Kier molecular flexibility index (Phi) is 42.5. The van der Waals surface area contributed by atoms with Crippen molar-refractivity contribution < 1.29 is 119 Å². The van der Waals surface area contributed by atoms with Gasteiger partial charge >= 0.3 is 0 Å². The number of para-hydroxylation sites is 1. The Morgan fingerprint density at radius 2 is 1.00 bits per heavy atom. The van der Waals surface area contributed by atoms with Crippen LogP contribution in [-0.4, -0.2) is 62.6 Å². The van der Waals surface area contributed by atoms with Gasteiger partial charge in [0.05, 0.1) is 45.1 Å². The minimum absolute atomic E-state index is 0. The molecule has 2 aliphatic rings. The Bertz CT molecular complexity index is 7530. The Hall–Kier alpha value is -13.2. The number of ketones is 3. The van der Waals surface area contributed by atoms with E-state index in [0.717, 1.165) is 108 Å². The normalized spacial score (nSPS) is 11.5. The number of aliphatic hydroxyl groups is 3. The number of aromatic nitrogens is 7. The standard InChI is InChI=1S/C28H27N2.C21H18NS.C19H16N.C17H11FN.C13H8NS.C11H8N.3C5H8O2.4Ir/c1-17-10-18(2)13-23(12-17)27-28(24-14-19(3)11-20(4)15-24)30-25(16-29-27)26-21(5)8-7-9-22(26)6;1-21(2,3)15-10-8-14(9-11-15)19-17-12-13-23-20(17)16-6-4-5-7-18(16)22-19;1-19(2)14-7-3-5-12-9-10-20-11-13-6-4-8-15(19)17(13)18(20)16(12)14;18-16-9-6-13(7-10-16)15-8-11-17(19-12-15)14-4-2-1-3-5-14;1-2-4-10(5-3-1)13-11-7-9-15-12(11)6-8-14-13;1-2-6-10(7-3-1)11-8-4-5-9-12-11;3*1-4(6)3-5(2)7;;;;/h7-12,14-16H,1-6H3;4-8,10-13H,1-3H3;3-10H,11H2,1-2H3;1-4,6-12H;1-4,6-9H;1-6,8-9H;3*3,6H,1-2H3;;;;/q2*-1;+1;3*-1;;;;;;;. The molecule has 3 N–H and O–H groups in total. The van der Waals surface area contributed by atoms with Crippen LogP contribution >= 0.6 is 22.7 Å². The predicted octanol–water partition coefficient (Wildman–Crippen LogP) is 30.9. The Morgan fingerprint density at radius 1 is 0.438 bits per heavy atom. The van der Waals surface area contributed by atoms with Crippen LogP contribution in [-0.2, 0) is 112 Å². The van der Waals surface area contributed by atoms with Crippen LogP contribution in [0.4, 0.5) is 4.39 Å². The number of hydrogen-bond donors (Lipinski definition) is 3. The summed E-state index contributed by atoms with van der Waals surface area (Å²) in [6.07, 6.45) is 13.1. The number of thiophene rings is 2. The van der Waals surface area contributed by atoms with Crippen LogP contribution in [0.25, 0.3) is 143 Å². The van der Waals surface area contributed by atoms with E-state index in [1.807, 2.05) is 128 Å². The van der Waals surface area contributed by atoms with Crippen molar-refractivity contribution in [3.05, 3.63) is 448 Å². The molecule has 20 heteroatoms. The number of nitrogens with zero attached hydrogens (tertiary/aromatic N) is 7. The molecule has 21 rings (SSSR count). The van der Waals surface area contributed by atoms with E-state index in [-0.39, 0.29) is 132 Å². The number of benzene rings is 11. The fourth-order valence-corrected chi connectivity index (χ4v) is 18.5. The molecule has 738 valence electrons. The molecule has 13 nitrogen and oxygen atoms in total. The first kappa shape index (κ1) is 114. The van der Waals surface area contributed by atoms with Crippen molar-refractivity contribution in [2.24, 2.45) is 0 Å². The van der Waals surface area contributed by atoms with Gasteiger partial charge in [-0.1, -0.05) is 199 Å². The number of fused-ring (bicyclic) bond motifs is 4. The maximum absolute atomic E-state index is 12.9. The second kappa shape index (κ2) is 53.4. The van der Waals surface area contributed by atoms with E-state index in [4.69, 9.17) is 30.3 Å². The van der Waals surface area contributed by atoms with Crippen molar-refractivity contribution in [1.29, 1.82) is 0 Å². The van der Waals surface area contributed by atoms with Crippen LogP contribution in [0.2, 0.25) is 0 Å². The minimum Gasteiger partial charge on any atom is -0.512 e. The number of allylic oxidation sites excluding steroid dienone is 6. The summed E-state index contributed by atoms with van der Waals surface area (Å²) in [6.45, 7) is 33.6. The van der Waals surface area contributed by atoms with Gasteiger partial charge in [-0.2, -0.15) is 4.57 Å². The summed E-state index contributed by atoms with van der Waals surface area (Å²) in [5.74, 6) is -0.417. The molecule has 11 aromatic carbocycles. The molecule has 0 unspecified atom stereocenters. The third-order valence-electron chi connectivity index (χ3n) is 22.9. The Morgan fingerprint density at radius 3 is 1.56 bits per heavy atom. The van der Waals surface area contributed by atoms with E-state index >= 15 is 0 Å². The quantitative estimate of drug-likeness (QED) is 0.0481. The van der Waals surface area contributed by atoms with Crippen LogP contribution in [0.3, 0.4) is 0 Å². The van der Waals surface area contributed by atoms with Crippen molar-refractivity contribution in [1.82, 2.24) is 29.9 Å². The number of carbonyl (C=O) groups is 3. The summed E-state index contributed by atoms with van der Waals surface area (Å²) in [4.78, 5) is 58.1. The summed E-state index contributed by atoms with van der Waals surface area (Å²) in [7, 11) is 0. The van der Waals surface area contributed by atoms with Crippen molar-refractivity contribution in [2.75, 3.05) is 0 Å². The molecule has 8 aromatic heterocycles. The molecule has 0 fully saturated rings. The Balaban J connectivity index is 0.000000187. The first-order valence-corrected chi connectivity index (χ1v) is 47.8. The molecule has 0 saturated heterocycles. The number of carbonyl (C=O) groups excluding carboxylic acids is 3. The van der Waals surface area contributed by atoms with Gasteiger partial charge in [-0.25, -0.2) is 4.39 Å². The van der Waals surface area contributed by atoms with E-state index in [9.17, 15) is 18.8 Å². The largest absolute Gasteiger partial charge is 0.512 e. The average molecular weight is 2650 g/mol. The van der Waals surface area contributed by atoms with E-state index < -0.39 is 0 Å². The maximum Gasteiger partial charge on any atom is 0.221 e. The van der Waals surface area contributed by atoms with Gasteiger partial charge in [0.25, 0.3) is 0 Å². The van der Waals surface area contributed by atoms with Crippen LogP contribution in [0, 0.1) is 77.7 Å². The van der Waals surface area contributed by atoms with Crippen molar-refractivity contribution in [3.8, 4) is 101 Å². The zero-order valence-corrected chi connectivity index (χ0v) is 94.5. The molecule has 4 radical (unpaired) electrons. The number of halogens is 1. The minimum atomic E-state index is -0.229. The number of hydrogen-bond acceptors (Lipinski definition) is 14. The molecular weight excluding hydrogens is 2540 g/mol. The van der Waals surface area contributed by atoms with E-state index in [2.05, 4.69) is 282 Å². The Labute approximate surface area is 906 Å². The predicted molar refractivity (Wildman–Crippen MR) is 574 cm³/mol. The second-order valence-corrected chi connectivity index (χ2v) is 37.8. The summed E-state index contributed by atoms with van der Waals surface area (Å²) in [6, 6.07) is 110. The molecule has 9 heterocycles. The van der Waals surface area contributed by atoms with Gasteiger partial charge in [0.2, 0.25) is 5.69 Å². The number of aryl methyl sites for hydroxylation is 6. The topological polar surface area (TPSA) is 193 Å². The third-order valence-corrected chi connectivity index (χ3v) is 24.8. The molecule has 0 spiro atoms. The van der Waals surface area contributed by atoms with E-state index in [1.165, 1.54) is 170 Å². The zero-order valence-electron chi connectivity index (χ0n) is 83.3. The molecule has 0 amide bonds. The van der Waals surface area contributed by atoms with Crippen molar-refractivity contribution in [2.45, 2.75) is 135 Å².